The van der Waals surface area contributed by atoms with Crippen LogP contribution in [0.15, 0.2) is 54.9 Å². The van der Waals surface area contributed by atoms with Crippen LogP contribution in [0.4, 0.5) is 0 Å². The number of amides is 1. The number of nitrogens with zero attached hydrogens (tertiary/aromatic N) is 2. The van der Waals surface area contributed by atoms with Crippen LogP contribution in [-0.2, 0) is 11.3 Å². The molecule has 134 valence electrons. The van der Waals surface area contributed by atoms with Crippen LogP contribution < -0.4 is 10.1 Å². The van der Waals surface area contributed by atoms with E-state index in [1.165, 1.54) is 0 Å². The van der Waals surface area contributed by atoms with Crippen molar-refractivity contribution in [3.8, 4) is 5.75 Å². The second kappa shape index (κ2) is 7.58. The van der Waals surface area contributed by atoms with Crippen molar-refractivity contribution < 1.29 is 14.3 Å². The predicted octanol–water partition coefficient (Wildman–Crippen LogP) is 2.82. The summed E-state index contributed by atoms with van der Waals surface area (Å²) in [5.41, 5.74) is 2.30. The SMILES string of the molecule is O=C(NC[C@H]1CCCO1)c1cccc(OCc2cn3ccccc3n2)c1. The van der Waals surface area contributed by atoms with Crippen LogP contribution >= 0.6 is 0 Å². The average Bonchev–Trinajstić information content (AvgIpc) is 3.33. The van der Waals surface area contributed by atoms with Gasteiger partial charge in [-0.25, -0.2) is 4.98 Å². The molecule has 1 atom stereocenters. The van der Waals surface area contributed by atoms with Crippen molar-refractivity contribution in [2.24, 2.45) is 0 Å². The standard InChI is InChI=1S/C20H21N3O3/c24-20(21-12-18-7-4-10-25-18)15-5-3-6-17(11-15)26-14-16-13-23-9-2-1-8-19(23)22-16/h1-3,5-6,8-9,11,13,18H,4,7,10,12,14H2,(H,21,24)/t18-/m1/s1. The van der Waals surface area contributed by atoms with Crippen molar-refractivity contribution in [1.82, 2.24) is 14.7 Å². The number of fused-ring (bicyclic) bond motifs is 1. The Morgan fingerprint density at radius 1 is 1.31 bits per heavy atom. The summed E-state index contributed by atoms with van der Waals surface area (Å²) in [6, 6.07) is 13.0. The maximum absolute atomic E-state index is 12.3. The van der Waals surface area contributed by atoms with Gasteiger partial charge in [-0.1, -0.05) is 12.1 Å². The number of carbonyl (C=O) groups excluding carboxylic acids is 1. The smallest absolute Gasteiger partial charge is 0.251 e. The highest BCUT2D eigenvalue weighted by molar-refractivity contribution is 5.94. The first-order valence-electron chi connectivity index (χ1n) is 8.83. The Morgan fingerprint density at radius 3 is 3.12 bits per heavy atom. The average molecular weight is 351 g/mol. The molecule has 26 heavy (non-hydrogen) atoms. The lowest BCUT2D eigenvalue weighted by molar-refractivity contribution is 0.0857. The molecule has 1 aliphatic heterocycles. The molecule has 0 spiro atoms. The van der Waals surface area contributed by atoms with E-state index >= 15 is 0 Å². The molecule has 0 saturated carbocycles. The van der Waals surface area contributed by atoms with Crippen molar-refractivity contribution in [1.29, 1.82) is 0 Å². The van der Waals surface area contributed by atoms with E-state index in [-0.39, 0.29) is 12.0 Å². The minimum Gasteiger partial charge on any atom is -0.487 e. The predicted molar refractivity (Wildman–Crippen MR) is 97.3 cm³/mol. The number of hydrogen-bond donors (Lipinski definition) is 1. The van der Waals surface area contributed by atoms with Crippen LogP contribution in [0, 0.1) is 0 Å². The summed E-state index contributed by atoms with van der Waals surface area (Å²) in [5.74, 6) is 0.533. The van der Waals surface area contributed by atoms with Crippen molar-refractivity contribution in [2.75, 3.05) is 13.2 Å². The number of nitrogens with one attached hydrogen (secondary N) is 1. The number of hydrogen-bond acceptors (Lipinski definition) is 4. The molecule has 1 aromatic carbocycles. The summed E-state index contributed by atoms with van der Waals surface area (Å²) in [7, 11) is 0. The van der Waals surface area contributed by atoms with E-state index in [0.717, 1.165) is 30.8 Å². The van der Waals surface area contributed by atoms with Crippen LogP contribution in [0.5, 0.6) is 5.75 Å². The van der Waals surface area contributed by atoms with Crippen molar-refractivity contribution >= 4 is 11.6 Å². The molecule has 1 fully saturated rings. The minimum absolute atomic E-state index is 0.112. The molecule has 1 saturated heterocycles. The topological polar surface area (TPSA) is 64.9 Å². The first kappa shape index (κ1) is 16.6. The van der Waals surface area contributed by atoms with Crippen LogP contribution in [0.1, 0.15) is 28.9 Å². The molecule has 1 aliphatic rings. The number of carbonyl (C=O) groups is 1. The second-order valence-electron chi connectivity index (χ2n) is 6.36. The van der Waals surface area contributed by atoms with Gasteiger partial charge in [0.1, 0.15) is 18.0 Å². The number of benzene rings is 1. The number of rotatable bonds is 6. The molecule has 4 rings (SSSR count). The van der Waals surface area contributed by atoms with Gasteiger partial charge in [0.2, 0.25) is 0 Å². The fraction of sp³-hybridized carbons (Fsp3) is 0.300. The maximum atomic E-state index is 12.3. The van der Waals surface area contributed by atoms with Gasteiger partial charge in [-0.3, -0.25) is 4.79 Å². The van der Waals surface area contributed by atoms with E-state index in [1.807, 2.05) is 47.1 Å². The Bertz CT molecular complexity index is 867. The van der Waals surface area contributed by atoms with Crippen LogP contribution in [0.25, 0.3) is 5.65 Å². The van der Waals surface area contributed by atoms with Crippen LogP contribution in [0.3, 0.4) is 0 Å². The molecule has 3 aromatic rings. The van der Waals surface area contributed by atoms with Gasteiger partial charge < -0.3 is 19.2 Å². The Hall–Kier alpha value is -2.86. The molecule has 6 heteroatoms. The lowest BCUT2D eigenvalue weighted by Gasteiger charge is -2.11. The lowest BCUT2D eigenvalue weighted by Crippen LogP contribution is -2.31. The molecule has 0 unspecified atom stereocenters. The number of ether oxygens (including phenoxy) is 2. The Balaban J connectivity index is 1.36. The summed E-state index contributed by atoms with van der Waals surface area (Å²) in [5, 5.41) is 2.92. The van der Waals surface area contributed by atoms with Gasteiger partial charge >= 0.3 is 0 Å². The van der Waals surface area contributed by atoms with Gasteiger partial charge in [0, 0.05) is 31.1 Å². The van der Waals surface area contributed by atoms with Gasteiger partial charge in [-0.2, -0.15) is 0 Å². The molecule has 0 aliphatic carbocycles. The highest BCUT2D eigenvalue weighted by Crippen LogP contribution is 2.16. The van der Waals surface area contributed by atoms with Gasteiger partial charge in [-0.05, 0) is 43.2 Å². The van der Waals surface area contributed by atoms with E-state index in [0.29, 0.717) is 24.5 Å². The van der Waals surface area contributed by atoms with E-state index < -0.39 is 0 Å². The Kier molecular flexibility index (Phi) is 4.84. The molecular formula is C20H21N3O3. The molecule has 0 radical (unpaired) electrons. The van der Waals surface area contributed by atoms with Gasteiger partial charge in [0.05, 0.1) is 11.8 Å². The summed E-state index contributed by atoms with van der Waals surface area (Å²) in [6.45, 7) is 1.68. The Morgan fingerprint density at radius 2 is 2.27 bits per heavy atom. The highest BCUT2D eigenvalue weighted by atomic mass is 16.5. The maximum Gasteiger partial charge on any atom is 0.251 e. The van der Waals surface area contributed by atoms with Gasteiger partial charge in [0.25, 0.3) is 5.91 Å². The molecule has 3 heterocycles. The van der Waals surface area contributed by atoms with E-state index in [2.05, 4.69) is 10.3 Å². The third kappa shape index (κ3) is 3.86. The van der Waals surface area contributed by atoms with Crippen molar-refractivity contribution in [2.45, 2.75) is 25.6 Å². The molecule has 6 nitrogen and oxygen atoms in total. The minimum atomic E-state index is -0.112. The lowest BCUT2D eigenvalue weighted by atomic mass is 10.2. The third-order valence-corrected chi connectivity index (χ3v) is 4.41. The summed E-state index contributed by atoms with van der Waals surface area (Å²) >= 11 is 0. The normalized spacial score (nSPS) is 16.7. The number of imidazole rings is 1. The highest BCUT2D eigenvalue weighted by Gasteiger charge is 2.16. The monoisotopic (exact) mass is 351 g/mol. The fourth-order valence-electron chi connectivity index (χ4n) is 3.06. The molecular weight excluding hydrogens is 330 g/mol. The van der Waals surface area contributed by atoms with Crippen LogP contribution in [0.2, 0.25) is 0 Å². The molecule has 0 bridgehead atoms. The first-order valence-corrected chi connectivity index (χ1v) is 8.83. The molecule has 1 amide bonds. The largest absolute Gasteiger partial charge is 0.487 e. The zero-order valence-corrected chi connectivity index (χ0v) is 14.4. The molecule has 1 N–H and O–H groups in total. The van der Waals surface area contributed by atoms with Gasteiger partial charge in [-0.15, -0.1) is 0 Å². The number of pyridine rings is 1. The van der Waals surface area contributed by atoms with Crippen molar-refractivity contribution in [3.63, 3.8) is 0 Å². The Labute approximate surface area is 151 Å². The molecule has 2 aromatic heterocycles. The summed E-state index contributed by atoms with van der Waals surface area (Å²) < 4.78 is 13.3. The second-order valence-corrected chi connectivity index (χ2v) is 6.36. The van der Waals surface area contributed by atoms with E-state index in [9.17, 15) is 4.79 Å². The quantitative estimate of drug-likeness (QED) is 0.742. The summed E-state index contributed by atoms with van der Waals surface area (Å²) in [4.78, 5) is 16.8. The van der Waals surface area contributed by atoms with Gasteiger partial charge in [0.15, 0.2) is 0 Å². The van der Waals surface area contributed by atoms with Crippen molar-refractivity contribution in [3.05, 3.63) is 66.1 Å². The zero-order valence-electron chi connectivity index (χ0n) is 14.4. The van der Waals surface area contributed by atoms with E-state index in [4.69, 9.17) is 9.47 Å². The van der Waals surface area contributed by atoms with E-state index in [1.54, 1.807) is 12.1 Å². The number of aromatic nitrogens is 2. The third-order valence-electron chi connectivity index (χ3n) is 4.41. The fourth-order valence-corrected chi connectivity index (χ4v) is 3.06. The first-order chi connectivity index (χ1) is 12.8. The van der Waals surface area contributed by atoms with Crippen LogP contribution in [-0.4, -0.2) is 34.5 Å². The zero-order chi connectivity index (χ0) is 17.8. The summed E-state index contributed by atoms with van der Waals surface area (Å²) in [6.07, 6.45) is 6.08.